The Morgan fingerprint density at radius 2 is 2.05 bits per heavy atom. The fraction of sp³-hybridized carbons (Fsp3) is 0.200. The molecule has 98 valence electrons. The van der Waals surface area contributed by atoms with Crippen LogP contribution >= 0.6 is 15.9 Å². The Morgan fingerprint density at radius 3 is 2.79 bits per heavy atom. The summed E-state index contributed by atoms with van der Waals surface area (Å²) in [4.78, 5) is 16.4. The molecule has 0 radical (unpaired) electrons. The summed E-state index contributed by atoms with van der Waals surface area (Å²) in [5, 5.41) is 2.90. The van der Waals surface area contributed by atoms with Crippen LogP contribution in [0.1, 0.15) is 27.2 Å². The van der Waals surface area contributed by atoms with Crippen molar-refractivity contribution in [2.45, 2.75) is 20.4 Å². The maximum absolute atomic E-state index is 12.1. The van der Waals surface area contributed by atoms with Crippen molar-refractivity contribution in [1.29, 1.82) is 0 Å². The quantitative estimate of drug-likeness (QED) is 0.942. The highest BCUT2D eigenvalue weighted by Gasteiger charge is 2.10. The number of pyridine rings is 1. The summed E-state index contributed by atoms with van der Waals surface area (Å²) < 4.78 is 0.939. The highest BCUT2D eigenvalue weighted by Crippen LogP contribution is 2.19. The minimum absolute atomic E-state index is 0.0798. The highest BCUT2D eigenvalue weighted by atomic mass is 79.9. The Labute approximate surface area is 121 Å². The lowest BCUT2D eigenvalue weighted by molar-refractivity contribution is 0.0949. The van der Waals surface area contributed by atoms with Gasteiger partial charge in [-0.15, -0.1) is 0 Å². The average Bonchev–Trinajstić information content (AvgIpc) is 2.40. The summed E-state index contributed by atoms with van der Waals surface area (Å²) >= 11 is 3.43. The van der Waals surface area contributed by atoms with Crippen LogP contribution in [0.4, 0.5) is 0 Å². The molecule has 0 fully saturated rings. The highest BCUT2D eigenvalue weighted by molar-refractivity contribution is 9.10. The first-order valence-electron chi connectivity index (χ1n) is 6.03. The maximum atomic E-state index is 12.1. The molecule has 0 aliphatic carbocycles. The second-order valence-corrected chi connectivity index (χ2v) is 5.22. The monoisotopic (exact) mass is 318 g/mol. The van der Waals surface area contributed by atoms with Gasteiger partial charge in [-0.05, 0) is 43.2 Å². The topological polar surface area (TPSA) is 42.0 Å². The van der Waals surface area contributed by atoms with E-state index in [1.165, 1.54) is 0 Å². The second-order valence-electron chi connectivity index (χ2n) is 4.36. The first kappa shape index (κ1) is 13.7. The number of rotatable bonds is 3. The number of halogens is 1. The fourth-order valence-electron chi connectivity index (χ4n) is 1.82. The van der Waals surface area contributed by atoms with Crippen molar-refractivity contribution in [2.75, 3.05) is 0 Å². The summed E-state index contributed by atoms with van der Waals surface area (Å²) in [5.41, 5.74) is 3.60. The summed E-state index contributed by atoms with van der Waals surface area (Å²) in [6.07, 6.45) is 1.73. The van der Waals surface area contributed by atoms with E-state index in [9.17, 15) is 4.79 Å². The molecule has 1 amide bonds. The van der Waals surface area contributed by atoms with Gasteiger partial charge in [-0.2, -0.15) is 0 Å². The minimum Gasteiger partial charge on any atom is -0.346 e. The molecule has 0 unspecified atom stereocenters. The van der Waals surface area contributed by atoms with Crippen molar-refractivity contribution >= 4 is 21.8 Å². The minimum atomic E-state index is -0.0798. The van der Waals surface area contributed by atoms with Crippen LogP contribution in [0.25, 0.3) is 0 Å². The number of nitrogens with zero attached hydrogens (tertiary/aromatic N) is 1. The normalized spacial score (nSPS) is 10.3. The van der Waals surface area contributed by atoms with Gasteiger partial charge in [0.15, 0.2) is 0 Å². The lowest BCUT2D eigenvalue weighted by Gasteiger charge is -2.09. The van der Waals surface area contributed by atoms with Crippen LogP contribution in [0.3, 0.4) is 0 Å². The molecule has 0 aliphatic heterocycles. The van der Waals surface area contributed by atoms with E-state index in [4.69, 9.17) is 0 Å². The fourth-order valence-corrected chi connectivity index (χ4v) is 2.18. The Balaban J connectivity index is 2.10. The van der Waals surface area contributed by atoms with Crippen LogP contribution in [0, 0.1) is 13.8 Å². The summed E-state index contributed by atoms with van der Waals surface area (Å²) in [7, 11) is 0. The molecule has 1 heterocycles. The van der Waals surface area contributed by atoms with E-state index < -0.39 is 0 Å². The van der Waals surface area contributed by atoms with Crippen LogP contribution in [0.15, 0.2) is 41.0 Å². The van der Waals surface area contributed by atoms with Gasteiger partial charge in [-0.3, -0.25) is 9.78 Å². The van der Waals surface area contributed by atoms with E-state index in [1.807, 2.05) is 44.2 Å². The number of carbonyl (C=O) groups excluding carboxylic acids is 1. The van der Waals surface area contributed by atoms with E-state index >= 15 is 0 Å². The van der Waals surface area contributed by atoms with Crippen LogP contribution in [-0.4, -0.2) is 10.9 Å². The van der Waals surface area contributed by atoms with Gasteiger partial charge < -0.3 is 5.32 Å². The number of hydrogen-bond acceptors (Lipinski definition) is 2. The van der Waals surface area contributed by atoms with Crippen molar-refractivity contribution in [3.05, 3.63) is 63.4 Å². The third-order valence-electron chi connectivity index (χ3n) is 3.05. The zero-order chi connectivity index (χ0) is 13.8. The zero-order valence-corrected chi connectivity index (χ0v) is 12.5. The standard InChI is InChI=1S/C15H15BrN2O/c1-10-5-4-8-17-14(10)9-18-15(19)12-6-3-7-13(16)11(12)2/h3-8H,9H2,1-2H3,(H,18,19). The van der Waals surface area contributed by atoms with Gasteiger partial charge >= 0.3 is 0 Å². The molecule has 0 spiro atoms. The average molecular weight is 319 g/mol. The molecule has 1 aromatic heterocycles. The van der Waals surface area contributed by atoms with Crippen LogP contribution in [-0.2, 0) is 6.54 Å². The van der Waals surface area contributed by atoms with Gasteiger partial charge in [0.1, 0.15) is 0 Å². The number of nitrogens with one attached hydrogen (secondary N) is 1. The molecule has 3 nitrogen and oxygen atoms in total. The third-order valence-corrected chi connectivity index (χ3v) is 3.91. The molecule has 0 bridgehead atoms. The van der Waals surface area contributed by atoms with Crippen molar-refractivity contribution < 1.29 is 4.79 Å². The van der Waals surface area contributed by atoms with E-state index in [1.54, 1.807) is 6.20 Å². The smallest absolute Gasteiger partial charge is 0.251 e. The van der Waals surface area contributed by atoms with Gasteiger partial charge in [-0.25, -0.2) is 0 Å². The summed E-state index contributed by atoms with van der Waals surface area (Å²) in [6.45, 7) is 4.35. The van der Waals surface area contributed by atoms with Crippen LogP contribution in [0.5, 0.6) is 0 Å². The van der Waals surface area contributed by atoms with Crippen molar-refractivity contribution in [2.24, 2.45) is 0 Å². The van der Waals surface area contributed by atoms with Crippen molar-refractivity contribution in [3.8, 4) is 0 Å². The largest absolute Gasteiger partial charge is 0.346 e. The molecule has 19 heavy (non-hydrogen) atoms. The summed E-state index contributed by atoms with van der Waals surface area (Å²) in [5.74, 6) is -0.0798. The molecule has 2 aromatic rings. The predicted octanol–water partition coefficient (Wildman–Crippen LogP) is 3.39. The van der Waals surface area contributed by atoms with Crippen molar-refractivity contribution in [3.63, 3.8) is 0 Å². The molecule has 0 atom stereocenters. The Bertz CT molecular complexity index is 611. The Kier molecular flexibility index (Phi) is 4.32. The zero-order valence-electron chi connectivity index (χ0n) is 10.9. The van der Waals surface area contributed by atoms with Crippen LogP contribution < -0.4 is 5.32 Å². The lowest BCUT2D eigenvalue weighted by Crippen LogP contribution is -2.24. The number of carbonyl (C=O) groups is 1. The Morgan fingerprint density at radius 1 is 1.26 bits per heavy atom. The molecular weight excluding hydrogens is 304 g/mol. The second kappa shape index (κ2) is 5.97. The number of benzene rings is 1. The first-order valence-corrected chi connectivity index (χ1v) is 6.82. The number of aryl methyl sites for hydroxylation is 1. The predicted molar refractivity (Wildman–Crippen MR) is 79.0 cm³/mol. The van der Waals surface area contributed by atoms with Gasteiger partial charge in [0.25, 0.3) is 5.91 Å². The molecular formula is C15H15BrN2O. The number of amides is 1. The Hall–Kier alpha value is -1.68. The lowest BCUT2D eigenvalue weighted by atomic mass is 10.1. The van der Waals surface area contributed by atoms with Crippen molar-refractivity contribution in [1.82, 2.24) is 10.3 Å². The van der Waals surface area contributed by atoms with Gasteiger partial charge in [0.05, 0.1) is 12.2 Å². The molecule has 4 heteroatoms. The number of hydrogen-bond donors (Lipinski definition) is 1. The molecule has 1 N–H and O–H groups in total. The third kappa shape index (κ3) is 3.20. The molecule has 0 saturated heterocycles. The van der Waals surface area contributed by atoms with Gasteiger partial charge in [-0.1, -0.05) is 28.1 Å². The SMILES string of the molecule is Cc1cccnc1CNC(=O)c1cccc(Br)c1C. The van der Waals surface area contributed by atoms with E-state index in [-0.39, 0.29) is 5.91 Å². The summed E-state index contributed by atoms with van der Waals surface area (Å²) in [6, 6.07) is 9.48. The molecule has 1 aromatic carbocycles. The van der Waals surface area contributed by atoms with E-state index in [0.29, 0.717) is 12.1 Å². The van der Waals surface area contributed by atoms with Gasteiger partial charge in [0, 0.05) is 16.2 Å². The molecule has 0 saturated carbocycles. The molecule has 0 aliphatic rings. The van der Waals surface area contributed by atoms with Crippen LogP contribution in [0.2, 0.25) is 0 Å². The van der Waals surface area contributed by atoms with Gasteiger partial charge in [0.2, 0.25) is 0 Å². The number of aromatic nitrogens is 1. The molecule has 2 rings (SSSR count). The first-order chi connectivity index (χ1) is 9.09. The van der Waals surface area contributed by atoms with E-state index in [2.05, 4.69) is 26.2 Å². The maximum Gasteiger partial charge on any atom is 0.251 e. The van der Waals surface area contributed by atoms with E-state index in [0.717, 1.165) is 21.3 Å².